The highest BCUT2D eigenvalue weighted by Crippen LogP contribution is 2.22. The van der Waals surface area contributed by atoms with Crippen LogP contribution in [0.25, 0.3) is 0 Å². The van der Waals surface area contributed by atoms with E-state index in [-0.39, 0.29) is 6.61 Å². The van der Waals surface area contributed by atoms with Crippen LogP contribution in [0.2, 0.25) is 0 Å². The summed E-state index contributed by atoms with van der Waals surface area (Å²) in [7, 11) is 0.983. The van der Waals surface area contributed by atoms with Gasteiger partial charge in [0.1, 0.15) is 6.04 Å². The number of methoxy groups -OCH3 is 1. The average molecular weight is 243 g/mol. The lowest BCUT2D eigenvalue weighted by Crippen LogP contribution is -2.52. The van der Waals surface area contributed by atoms with Crippen LogP contribution >= 0.6 is 0 Å². The van der Waals surface area contributed by atoms with E-state index in [1.807, 2.05) is 6.92 Å². The van der Waals surface area contributed by atoms with E-state index in [2.05, 4.69) is 9.47 Å². The van der Waals surface area contributed by atoms with Crippen LogP contribution in [0.4, 0.5) is 13.2 Å². The zero-order valence-corrected chi connectivity index (χ0v) is 9.21. The molecule has 0 aromatic heterocycles. The van der Waals surface area contributed by atoms with E-state index in [9.17, 15) is 18.0 Å². The molecule has 0 fully saturated rings. The second kappa shape index (κ2) is 6.70. The van der Waals surface area contributed by atoms with Gasteiger partial charge < -0.3 is 15.2 Å². The van der Waals surface area contributed by atoms with Crippen LogP contribution in [-0.4, -0.2) is 38.0 Å². The minimum absolute atomic E-state index is 0.0692. The van der Waals surface area contributed by atoms with Gasteiger partial charge in [-0.25, -0.2) is 4.79 Å². The topological polar surface area (TPSA) is 61.5 Å². The van der Waals surface area contributed by atoms with Gasteiger partial charge in [-0.1, -0.05) is 13.3 Å². The first-order chi connectivity index (χ1) is 7.34. The summed E-state index contributed by atoms with van der Waals surface area (Å²) in [6.07, 6.45) is -5.14. The summed E-state index contributed by atoms with van der Waals surface area (Å²) in [5, 5.41) is 0. The maximum Gasteiger partial charge on any atom is 0.406 e. The zero-order valence-electron chi connectivity index (χ0n) is 9.21. The fourth-order valence-corrected chi connectivity index (χ4v) is 0.960. The quantitative estimate of drug-likeness (QED) is 0.563. The Kier molecular flexibility index (Phi) is 6.35. The van der Waals surface area contributed by atoms with Gasteiger partial charge in [0.15, 0.2) is 6.10 Å². The molecular weight excluding hydrogens is 227 g/mol. The van der Waals surface area contributed by atoms with Crippen molar-refractivity contribution in [2.75, 3.05) is 13.7 Å². The number of ether oxygens (including phenoxy) is 2. The van der Waals surface area contributed by atoms with Crippen molar-refractivity contribution < 1.29 is 27.4 Å². The molecule has 0 aliphatic carbocycles. The lowest BCUT2D eigenvalue weighted by molar-refractivity contribution is -0.189. The summed E-state index contributed by atoms with van der Waals surface area (Å²) >= 11 is 0. The van der Waals surface area contributed by atoms with Crippen molar-refractivity contribution in [3.05, 3.63) is 0 Å². The maximum absolute atomic E-state index is 12.2. The zero-order chi connectivity index (χ0) is 12.8. The van der Waals surface area contributed by atoms with Crippen LogP contribution in [0.3, 0.4) is 0 Å². The number of halogens is 3. The van der Waals surface area contributed by atoms with Crippen molar-refractivity contribution in [1.82, 2.24) is 0 Å². The summed E-state index contributed by atoms with van der Waals surface area (Å²) in [5.41, 5.74) is 4.86. The predicted octanol–water partition coefficient (Wildman–Crippen LogP) is 1.23. The summed E-state index contributed by atoms with van der Waals surface area (Å²) in [5.74, 6) is -1.08. The Bertz CT molecular complexity index is 221. The Hall–Kier alpha value is -0.820. The van der Waals surface area contributed by atoms with Crippen LogP contribution in [0.15, 0.2) is 0 Å². The van der Waals surface area contributed by atoms with Crippen molar-refractivity contribution in [3.8, 4) is 0 Å². The molecule has 0 amide bonds. The lowest BCUT2D eigenvalue weighted by atomic mass is 10.1. The van der Waals surface area contributed by atoms with Crippen LogP contribution in [0, 0.1) is 0 Å². The Balaban J connectivity index is 4.32. The maximum atomic E-state index is 12.2. The molecule has 2 N–H and O–H groups in total. The first-order valence-corrected chi connectivity index (χ1v) is 4.86. The number of alkyl halides is 3. The molecule has 0 aliphatic rings. The van der Waals surface area contributed by atoms with E-state index in [1.54, 1.807) is 0 Å². The first kappa shape index (κ1) is 15.2. The first-order valence-electron chi connectivity index (χ1n) is 4.86. The van der Waals surface area contributed by atoms with Gasteiger partial charge in [0.05, 0.1) is 6.61 Å². The van der Waals surface area contributed by atoms with Gasteiger partial charge in [0.25, 0.3) is 0 Å². The molecule has 0 bridgehead atoms. The molecule has 0 spiro atoms. The van der Waals surface area contributed by atoms with Gasteiger partial charge in [-0.15, -0.1) is 0 Å². The van der Waals surface area contributed by atoms with E-state index in [1.165, 1.54) is 0 Å². The monoisotopic (exact) mass is 243 g/mol. The fourth-order valence-electron chi connectivity index (χ4n) is 0.960. The van der Waals surface area contributed by atoms with E-state index in [0.29, 0.717) is 6.42 Å². The SMILES string of the molecule is CCCCOC(=O)[C@@H](OC)[C@H](N)C(F)(F)F. The summed E-state index contributed by atoms with van der Waals surface area (Å²) < 4.78 is 45.7. The third-order valence-corrected chi connectivity index (χ3v) is 1.93. The highest BCUT2D eigenvalue weighted by Gasteiger charge is 2.46. The Labute approximate surface area is 91.9 Å². The number of carbonyl (C=O) groups excluding carboxylic acids is 1. The highest BCUT2D eigenvalue weighted by atomic mass is 19.4. The molecule has 0 saturated carbocycles. The normalized spacial score (nSPS) is 15.6. The summed E-state index contributed by atoms with van der Waals surface area (Å²) in [6, 6.07) is -2.37. The largest absolute Gasteiger partial charge is 0.464 e. The van der Waals surface area contributed by atoms with Crippen LogP contribution in [0.1, 0.15) is 19.8 Å². The van der Waals surface area contributed by atoms with Crippen LogP contribution in [-0.2, 0) is 14.3 Å². The number of carbonyl (C=O) groups is 1. The average Bonchev–Trinajstić information content (AvgIpc) is 2.17. The van der Waals surface area contributed by atoms with Crippen molar-refractivity contribution in [2.24, 2.45) is 5.73 Å². The van der Waals surface area contributed by atoms with Crippen LogP contribution < -0.4 is 5.73 Å². The van der Waals surface area contributed by atoms with Gasteiger partial charge in [-0.2, -0.15) is 13.2 Å². The second-order valence-electron chi connectivity index (χ2n) is 3.24. The van der Waals surface area contributed by atoms with E-state index >= 15 is 0 Å². The van der Waals surface area contributed by atoms with Crippen molar-refractivity contribution in [1.29, 1.82) is 0 Å². The third-order valence-electron chi connectivity index (χ3n) is 1.93. The molecule has 0 rings (SSSR count). The van der Waals surface area contributed by atoms with E-state index in [0.717, 1.165) is 13.5 Å². The molecule has 7 heteroatoms. The highest BCUT2D eigenvalue weighted by molar-refractivity contribution is 5.75. The van der Waals surface area contributed by atoms with Gasteiger partial charge in [0.2, 0.25) is 0 Å². The smallest absolute Gasteiger partial charge is 0.406 e. The molecule has 0 saturated heterocycles. The molecule has 0 unspecified atom stereocenters. The molecular formula is C9H16F3NO3. The minimum atomic E-state index is -4.69. The van der Waals surface area contributed by atoms with Gasteiger partial charge in [0, 0.05) is 7.11 Å². The van der Waals surface area contributed by atoms with Crippen molar-refractivity contribution in [2.45, 2.75) is 38.1 Å². The van der Waals surface area contributed by atoms with Gasteiger partial charge in [-0.05, 0) is 6.42 Å². The lowest BCUT2D eigenvalue weighted by Gasteiger charge is -2.22. The molecule has 4 nitrogen and oxygen atoms in total. The van der Waals surface area contributed by atoms with Gasteiger partial charge >= 0.3 is 12.1 Å². The standard InChI is InChI=1S/C9H16F3NO3/c1-3-4-5-16-8(14)6(15-2)7(13)9(10,11)12/h6-7H,3-5,13H2,1-2H3/t6-,7-/m0/s1. The number of nitrogens with two attached hydrogens (primary N) is 1. The minimum Gasteiger partial charge on any atom is -0.464 e. The van der Waals surface area contributed by atoms with E-state index in [4.69, 9.17) is 5.73 Å². The molecule has 0 aliphatic heterocycles. The molecule has 16 heavy (non-hydrogen) atoms. The Morgan fingerprint density at radius 2 is 2.00 bits per heavy atom. The predicted molar refractivity (Wildman–Crippen MR) is 50.7 cm³/mol. The molecule has 0 heterocycles. The summed E-state index contributed by atoms with van der Waals surface area (Å²) in [6.45, 7) is 1.93. The number of hydrogen-bond acceptors (Lipinski definition) is 4. The second-order valence-corrected chi connectivity index (χ2v) is 3.24. The molecule has 96 valence electrons. The molecule has 2 atom stereocenters. The van der Waals surface area contributed by atoms with Crippen molar-refractivity contribution >= 4 is 5.97 Å². The van der Waals surface area contributed by atoms with Crippen molar-refractivity contribution in [3.63, 3.8) is 0 Å². The number of hydrogen-bond donors (Lipinski definition) is 1. The fraction of sp³-hybridized carbons (Fsp3) is 0.889. The van der Waals surface area contributed by atoms with E-state index < -0.39 is 24.3 Å². The Morgan fingerprint density at radius 3 is 2.38 bits per heavy atom. The van der Waals surface area contributed by atoms with Crippen LogP contribution in [0.5, 0.6) is 0 Å². The van der Waals surface area contributed by atoms with Gasteiger partial charge in [-0.3, -0.25) is 0 Å². The molecule has 0 radical (unpaired) electrons. The number of unbranched alkanes of at least 4 members (excludes halogenated alkanes) is 1. The molecule has 0 aromatic carbocycles. The number of rotatable bonds is 6. The third kappa shape index (κ3) is 4.80. The Morgan fingerprint density at radius 1 is 1.44 bits per heavy atom. The molecule has 0 aromatic rings. The number of esters is 1. The summed E-state index contributed by atoms with van der Waals surface area (Å²) in [4.78, 5) is 11.2.